The van der Waals surface area contributed by atoms with Crippen molar-refractivity contribution in [2.75, 3.05) is 13.2 Å². The van der Waals surface area contributed by atoms with Crippen LogP contribution in [0.1, 0.15) is 33.1 Å². The molecule has 70 valence electrons. The highest BCUT2D eigenvalue weighted by molar-refractivity contribution is 5.79. The Hall–Kier alpha value is -0.570. The third kappa shape index (κ3) is 1.61. The van der Waals surface area contributed by atoms with E-state index in [0.717, 1.165) is 12.8 Å². The average Bonchev–Trinajstić information content (AvgIpc) is 2.54. The van der Waals surface area contributed by atoms with E-state index in [2.05, 4.69) is 0 Å². The van der Waals surface area contributed by atoms with Crippen LogP contribution < -0.4 is 0 Å². The third-order valence-electron chi connectivity index (χ3n) is 2.32. The fourth-order valence-corrected chi connectivity index (χ4v) is 1.54. The largest absolute Gasteiger partial charge is 0.464 e. The molecule has 3 nitrogen and oxygen atoms in total. The number of carbonyl (C=O) groups excluding carboxylic acids is 1. The number of carbonyl (C=O) groups is 1. The van der Waals surface area contributed by atoms with Gasteiger partial charge >= 0.3 is 5.97 Å². The highest BCUT2D eigenvalue weighted by Gasteiger charge is 2.42. The second-order valence-corrected chi connectivity index (χ2v) is 3.02. The van der Waals surface area contributed by atoms with Crippen molar-refractivity contribution in [3.63, 3.8) is 0 Å². The Morgan fingerprint density at radius 1 is 1.58 bits per heavy atom. The lowest BCUT2D eigenvalue weighted by atomic mass is 9.97. The van der Waals surface area contributed by atoms with Crippen LogP contribution in [0.5, 0.6) is 0 Å². The molecule has 0 bridgehead atoms. The second kappa shape index (κ2) is 3.90. The van der Waals surface area contributed by atoms with E-state index < -0.39 is 5.60 Å². The van der Waals surface area contributed by atoms with Crippen molar-refractivity contribution in [1.82, 2.24) is 0 Å². The highest BCUT2D eigenvalue weighted by Crippen LogP contribution is 2.30. The van der Waals surface area contributed by atoms with Crippen LogP contribution in [0, 0.1) is 0 Å². The first kappa shape index (κ1) is 9.52. The molecule has 1 atom stereocenters. The zero-order valence-corrected chi connectivity index (χ0v) is 7.76. The summed E-state index contributed by atoms with van der Waals surface area (Å²) in [5.74, 6) is -0.190. The van der Waals surface area contributed by atoms with E-state index in [-0.39, 0.29) is 5.97 Å². The van der Waals surface area contributed by atoms with Crippen LogP contribution in [0.25, 0.3) is 0 Å². The Labute approximate surface area is 73.0 Å². The van der Waals surface area contributed by atoms with E-state index in [9.17, 15) is 4.79 Å². The molecule has 1 fully saturated rings. The quantitative estimate of drug-likeness (QED) is 0.605. The van der Waals surface area contributed by atoms with Crippen LogP contribution in [0.2, 0.25) is 0 Å². The monoisotopic (exact) mass is 172 g/mol. The summed E-state index contributed by atoms with van der Waals surface area (Å²) < 4.78 is 10.4. The fraction of sp³-hybridized carbons (Fsp3) is 0.889. The predicted octanol–water partition coefficient (Wildman–Crippen LogP) is 1.51. The van der Waals surface area contributed by atoms with Gasteiger partial charge in [0.05, 0.1) is 6.61 Å². The normalized spacial score (nSPS) is 28.8. The molecule has 1 aliphatic heterocycles. The summed E-state index contributed by atoms with van der Waals surface area (Å²) >= 11 is 0. The van der Waals surface area contributed by atoms with Gasteiger partial charge in [-0.3, -0.25) is 0 Å². The first-order chi connectivity index (χ1) is 5.75. The minimum atomic E-state index is -0.615. The molecule has 1 saturated heterocycles. The van der Waals surface area contributed by atoms with Gasteiger partial charge in [0.25, 0.3) is 0 Å². The lowest BCUT2D eigenvalue weighted by Gasteiger charge is -2.23. The predicted molar refractivity (Wildman–Crippen MR) is 44.8 cm³/mol. The van der Waals surface area contributed by atoms with Gasteiger partial charge in [-0.05, 0) is 26.2 Å². The Bertz CT molecular complexity index is 159. The molecule has 3 heteroatoms. The Morgan fingerprint density at radius 3 is 2.75 bits per heavy atom. The molecule has 0 spiro atoms. The maximum absolute atomic E-state index is 11.5. The lowest BCUT2D eigenvalue weighted by molar-refractivity contribution is -0.166. The number of hydrogen-bond donors (Lipinski definition) is 0. The van der Waals surface area contributed by atoms with Gasteiger partial charge in [-0.1, -0.05) is 6.92 Å². The van der Waals surface area contributed by atoms with Crippen molar-refractivity contribution in [1.29, 1.82) is 0 Å². The molecule has 12 heavy (non-hydrogen) atoms. The summed E-state index contributed by atoms with van der Waals surface area (Å²) in [5.41, 5.74) is -0.615. The van der Waals surface area contributed by atoms with Crippen molar-refractivity contribution < 1.29 is 14.3 Å². The highest BCUT2D eigenvalue weighted by atomic mass is 16.6. The van der Waals surface area contributed by atoms with Gasteiger partial charge in [0, 0.05) is 6.61 Å². The zero-order valence-electron chi connectivity index (χ0n) is 7.76. The van der Waals surface area contributed by atoms with Crippen LogP contribution in [0.15, 0.2) is 0 Å². The molecule has 1 aliphatic rings. The molecule has 0 amide bonds. The molecular formula is C9H16O3. The van der Waals surface area contributed by atoms with Crippen LogP contribution >= 0.6 is 0 Å². The van der Waals surface area contributed by atoms with Gasteiger partial charge in [-0.15, -0.1) is 0 Å². The van der Waals surface area contributed by atoms with Crippen molar-refractivity contribution >= 4 is 5.97 Å². The van der Waals surface area contributed by atoms with Crippen molar-refractivity contribution in [2.24, 2.45) is 0 Å². The van der Waals surface area contributed by atoms with E-state index in [0.29, 0.717) is 19.6 Å². The lowest BCUT2D eigenvalue weighted by Crippen LogP contribution is -2.38. The zero-order chi connectivity index (χ0) is 9.03. The maximum Gasteiger partial charge on any atom is 0.338 e. The Balaban J connectivity index is 2.59. The average molecular weight is 172 g/mol. The van der Waals surface area contributed by atoms with Crippen LogP contribution in [-0.2, 0) is 14.3 Å². The van der Waals surface area contributed by atoms with E-state index in [1.54, 1.807) is 0 Å². The van der Waals surface area contributed by atoms with Gasteiger partial charge < -0.3 is 9.47 Å². The molecule has 0 aliphatic carbocycles. The summed E-state index contributed by atoms with van der Waals surface area (Å²) in [4.78, 5) is 11.5. The van der Waals surface area contributed by atoms with Crippen molar-refractivity contribution in [3.8, 4) is 0 Å². The molecule has 0 aromatic carbocycles. The molecule has 0 N–H and O–H groups in total. The molecule has 0 aromatic heterocycles. The van der Waals surface area contributed by atoms with Crippen molar-refractivity contribution in [3.05, 3.63) is 0 Å². The Kier molecular flexibility index (Phi) is 3.09. The van der Waals surface area contributed by atoms with Crippen LogP contribution in [0.4, 0.5) is 0 Å². The molecule has 1 rings (SSSR count). The summed E-state index contributed by atoms with van der Waals surface area (Å²) in [5, 5.41) is 0. The number of rotatable bonds is 3. The molecule has 0 saturated carbocycles. The number of esters is 1. The minimum Gasteiger partial charge on any atom is -0.464 e. The van der Waals surface area contributed by atoms with Gasteiger partial charge in [0.1, 0.15) is 0 Å². The second-order valence-electron chi connectivity index (χ2n) is 3.02. The van der Waals surface area contributed by atoms with E-state index >= 15 is 0 Å². The molecular weight excluding hydrogens is 156 g/mol. The Morgan fingerprint density at radius 2 is 2.33 bits per heavy atom. The first-order valence-corrected chi connectivity index (χ1v) is 4.56. The smallest absolute Gasteiger partial charge is 0.338 e. The SMILES string of the molecule is CCOC(=O)C1(CC)CCCO1. The van der Waals surface area contributed by atoms with Gasteiger partial charge in [0.15, 0.2) is 5.60 Å². The summed E-state index contributed by atoms with van der Waals surface area (Å²) in [6, 6.07) is 0. The van der Waals surface area contributed by atoms with E-state index in [1.165, 1.54) is 0 Å². The van der Waals surface area contributed by atoms with Crippen LogP contribution in [-0.4, -0.2) is 24.8 Å². The van der Waals surface area contributed by atoms with E-state index in [4.69, 9.17) is 9.47 Å². The maximum atomic E-state index is 11.5. The molecule has 1 heterocycles. The topological polar surface area (TPSA) is 35.5 Å². The number of hydrogen-bond acceptors (Lipinski definition) is 3. The minimum absolute atomic E-state index is 0.190. The fourth-order valence-electron chi connectivity index (χ4n) is 1.54. The summed E-state index contributed by atoms with van der Waals surface area (Å²) in [6.07, 6.45) is 2.49. The standard InChI is InChI=1S/C9H16O3/c1-3-9(6-5-7-12-9)8(10)11-4-2/h3-7H2,1-2H3. The summed E-state index contributed by atoms with van der Waals surface area (Å²) in [7, 11) is 0. The van der Waals surface area contributed by atoms with Gasteiger partial charge in [-0.25, -0.2) is 4.79 Å². The van der Waals surface area contributed by atoms with Crippen molar-refractivity contribution in [2.45, 2.75) is 38.7 Å². The summed E-state index contributed by atoms with van der Waals surface area (Å²) in [6.45, 7) is 4.90. The number of ether oxygens (including phenoxy) is 2. The van der Waals surface area contributed by atoms with E-state index in [1.807, 2.05) is 13.8 Å². The molecule has 1 unspecified atom stereocenters. The van der Waals surface area contributed by atoms with Gasteiger partial charge in [-0.2, -0.15) is 0 Å². The first-order valence-electron chi connectivity index (χ1n) is 4.56. The van der Waals surface area contributed by atoms with Gasteiger partial charge in [0.2, 0.25) is 0 Å². The molecule has 0 radical (unpaired) electrons. The molecule has 0 aromatic rings. The van der Waals surface area contributed by atoms with Crippen LogP contribution in [0.3, 0.4) is 0 Å². The third-order valence-corrected chi connectivity index (χ3v) is 2.32.